The number of benzene rings is 2. The Morgan fingerprint density at radius 2 is 1.75 bits per heavy atom. The Morgan fingerprint density at radius 3 is 2.38 bits per heavy atom. The molecule has 0 aromatic heterocycles. The van der Waals surface area contributed by atoms with Crippen LogP contribution in [0, 0.1) is 17.0 Å². The van der Waals surface area contributed by atoms with Gasteiger partial charge in [0, 0.05) is 17.7 Å². The van der Waals surface area contributed by atoms with Crippen LogP contribution < -0.4 is 9.47 Å². The number of carbonyl (C=O) groups is 1. The van der Waals surface area contributed by atoms with Crippen molar-refractivity contribution in [2.24, 2.45) is 0 Å². The van der Waals surface area contributed by atoms with E-state index in [-0.39, 0.29) is 23.6 Å². The SMILES string of the molecule is COc1ccc(C)cc1COC(=O)c1cc([N+](=O)[O-])ccc1OC. The Hall–Kier alpha value is -3.09. The average Bonchev–Trinajstić information content (AvgIpc) is 2.59. The number of aryl methyl sites for hydroxylation is 1. The predicted molar refractivity (Wildman–Crippen MR) is 86.5 cm³/mol. The number of nitro benzene ring substituents is 1. The molecule has 2 rings (SSSR count). The van der Waals surface area contributed by atoms with Gasteiger partial charge in [-0.05, 0) is 25.1 Å². The lowest BCUT2D eigenvalue weighted by atomic mass is 10.1. The fourth-order valence-corrected chi connectivity index (χ4v) is 2.21. The van der Waals surface area contributed by atoms with Gasteiger partial charge in [0.25, 0.3) is 5.69 Å². The van der Waals surface area contributed by atoms with Crippen molar-refractivity contribution in [2.75, 3.05) is 14.2 Å². The third-order valence-electron chi connectivity index (χ3n) is 3.41. The number of hydrogen-bond acceptors (Lipinski definition) is 6. The third-order valence-corrected chi connectivity index (χ3v) is 3.41. The Bertz CT molecular complexity index is 772. The summed E-state index contributed by atoms with van der Waals surface area (Å²) in [5.74, 6) is 0.0975. The fourth-order valence-electron chi connectivity index (χ4n) is 2.21. The molecular weight excluding hydrogens is 314 g/mol. The maximum Gasteiger partial charge on any atom is 0.342 e. The van der Waals surface area contributed by atoms with Crippen molar-refractivity contribution in [1.82, 2.24) is 0 Å². The molecule has 0 aliphatic rings. The van der Waals surface area contributed by atoms with E-state index in [0.29, 0.717) is 11.3 Å². The Morgan fingerprint density at radius 1 is 1.08 bits per heavy atom. The molecule has 0 unspecified atom stereocenters. The molecule has 0 aliphatic carbocycles. The van der Waals surface area contributed by atoms with E-state index < -0.39 is 10.9 Å². The maximum atomic E-state index is 12.3. The summed E-state index contributed by atoms with van der Waals surface area (Å²) >= 11 is 0. The van der Waals surface area contributed by atoms with E-state index in [4.69, 9.17) is 14.2 Å². The third kappa shape index (κ3) is 3.81. The van der Waals surface area contributed by atoms with Gasteiger partial charge in [0.1, 0.15) is 23.7 Å². The molecule has 0 heterocycles. The second kappa shape index (κ2) is 7.45. The molecule has 0 amide bonds. The van der Waals surface area contributed by atoms with Crippen LogP contribution in [0.25, 0.3) is 0 Å². The van der Waals surface area contributed by atoms with Crippen LogP contribution in [0.2, 0.25) is 0 Å². The summed E-state index contributed by atoms with van der Waals surface area (Å²) in [7, 11) is 2.90. The maximum absolute atomic E-state index is 12.3. The van der Waals surface area contributed by atoms with E-state index in [2.05, 4.69) is 0 Å². The molecule has 0 N–H and O–H groups in total. The first-order chi connectivity index (χ1) is 11.5. The van der Waals surface area contributed by atoms with Gasteiger partial charge in [0.05, 0.1) is 19.1 Å². The first kappa shape index (κ1) is 17.3. The van der Waals surface area contributed by atoms with Crippen molar-refractivity contribution < 1.29 is 23.9 Å². The Balaban J connectivity index is 2.22. The van der Waals surface area contributed by atoms with Crippen LogP contribution in [0.15, 0.2) is 36.4 Å². The van der Waals surface area contributed by atoms with Gasteiger partial charge in [-0.1, -0.05) is 11.6 Å². The molecule has 0 aliphatic heterocycles. The van der Waals surface area contributed by atoms with Gasteiger partial charge >= 0.3 is 5.97 Å². The van der Waals surface area contributed by atoms with Crippen LogP contribution in [0.1, 0.15) is 21.5 Å². The molecule has 0 radical (unpaired) electrons. The van der Waals surface area contributed by atoms with E-state index >= 15 is 0 Å². The van der Waals surface area contributed by atoms with Crippen LogP contribution in [-0.4, -0.2) is 25.1 Å². The summed E-state index contributed by atoms with van der Waals surface area (Å²) in [5.41, 5.74) is 1.49. The molecule has 0 saturated heterocycles. The van der Waals surface area contributed by atoms with Crippen molar-refractivity contribution in [3.05, 3.63) is 63.2 Å². The molecule has 7 heteroatoms. The van der Waals surface area contributed by atoms with E-state index in [1.54, 1.807) is 6.07 Å². The number of nitro groups is 1. The number of nitrogens with zero attached hydrogens (tertiary/aromatic N) is 1. The largest absolute Gasteiger partial charge is 0.496 e. The smallest absolute Gasteiger partial charge is 0.342 e. The van der Waals surface area contributed by atoms with Gasteiger partial charge in [-0.25, -0.2) is 4.79 Å². The molecule has 2 aromatic rings. The number of hydrogen-bond donors (Lipinski definition) is 0. The van der Waals surface area contributed by atoms with Crippen LogP contribution in [0.3, 0.4) is 0 Å². The first-order valence-corrected chi connectivity index (χ1v) is 7.09. The van der Waals surface area contributed by atoms with Gasteiger partial charge in [-0.2, -0.15) is 0 Å². The summed E-state index contributed by atoms with van der Waals surface area (Å²) in [6, 6.07) is 9.27. The molecule has 0 bridgehead atoms. The number of esters is 1. The van der Waals surface area contributed by atoms with Crippen molar-refractivity contribution >= 4 is 11.7 Å². The van der Waals surface area contributed by atoms with Gasteiger partial charge in [0.15, 0.2) is 0 Å². The average molecular weight is 331 g/mol. The quantitative estimate of drug-likeness (QED) is 0.458. The zero-order chi connectivity index (χ0) is 17.7. The standard InChI is InChI=1S/C17H17NO6/c1-11-4-6-15(22-2)12(8-11)10-24-17(19)14-9-13(18(20)21)5-7-16(14)23-3/h4-9H,10H2,1-3H3. The highest BCUT2D eigenvalue weighted by Gasteiger charge is 2.19. The van der Waals surface area contributed by atoms with Crippen LogP contribution in [0.5, 0.6) is 11.5 Å². The van der Waals surface area contributed by atoms with Gasteiger partial charge in [0.2, 0.25) is 0 Å². The topological polar surface area (TPSA) is 87.9 Å². The van der Waals surface area contributed by atoms with Crippen LogP contribution in [-0.2, 0) is 11.3 Å². The van der Waals surface area contributed by atoms with Crippen molar-refractivity contribution in [1.29, 1.82) is 0 Å². The normalized spacial score (nSPS) is 10.1. The van der Waals surface area contributed by atoms with E-state index in [1.165, 1.54) is 26.4 Å². The van der Waals surface area contributed by atoms with E-state index in [1.807, 2.05) is 19.1 Å². The minimum Gasteiger partial charge on any atom is -0.496 e. The van der Waals surface area contributed by atoms with Crippen LogP contribution >= 0.6 is 0 Å². The first-order valence-electron chi connectivity index (χ1n) is 7.09. The molecule has 0 saturated carbocycles. The second-order valence-electron chi connectivity index (χ2n) is 5.03. The molecule has 7 nitrogen and oxygen atoms in total. The van der Waals surface area contributed by atoms with E-state index in [0.717, 1.165) is 11.6 Å². The number of rotatable bonds is 6. The molecule has 0 atom stereocenters. The molecule has 2 aromatic carbocycles. The minimum atomic E-state index is -0.709. The molecular formula is C17H17NO6. The molecule has 24 heavy (non-hydrogen) atoms. The lowest BCUT2D eigenvalue weighted by Gasteiger charge is -2.11. The van der Waals surface area contributed by atoms with Crippen molar-refractivity contribution in [3.63, 3.8) is 0 Å². The van der Waals surface area contributed by atoms with Crippen molar-refractivity contribution in [2.45, 2.75) is 13.5 Å². The van der Waals surface area contributed by atoms with Gasteiger partial charge < -0.3 is 14.2 Å². The minimum absolute atomic E-state index is 0.00156. The second-order valence-corrected chi connectivity index (χ2v) is 5.03. The fraction of sp³-hybridized carbons (Fsp3) is 0.235. The highest BCUT2D eigenvalue weighted by molar-refractivity contribution is 5.93. The summed E-state index contributed by atoms with van der Waals surface area (Å²) in [6.45, 7) is 1.89. The monoisotopic (exact) mass is 331 g/mol. The lowest BCUT2D eigenvalue weighted by Crippen LogP contribution is -2.08. The number of non-ortho nitro benzene ring substituents is 1. The molecule has 0 fully saturated rings. The summed E-state index contributed by atoms with van der Waals surface area (Å²) in [6.07, 6.45) is 0. The molecule has 126 valence electrons. The highest BCUT2D eigenvalue weighted by Crippen LogP contribution is 2.26. The number of carbonyl (C=O) groups excluding carboxylic acids is 1. The van der Waals surface area contributed by atoms with E-state index in [9.17, 15) is 14.9 Å². The zero-order valence-corrected chi connectivity index (χ0v) is 13.6. The van der Waals surface area contributed by atoms with Gasteiger partial charge in [-0.3, -0.25) is 10.1 Å². The van der Waals surface area contributed by atoms with Crippen LogP contribution in [0.4, 0.5) is 5.69 Å². The molecule has 0 spiro atoms. The summed E-state index contributed by atoms with van der Waals surface area (Å²) in [4.78, 5) is 22.6. The highest BCUT2D eigenvalue weighted by atomic mass is 16.6. The Kier molecular flexibility index (Phi) is 5.36. The summed E-state index contributed by atoms with van der Waals surface area (Å²) in [5, 5.41) is 10.9. The lowest BCUT2D eigenvalue weighted by molar-refractivity contribution is -0.384. The zero-order valence-electron chi connectivity index (χ0n) is 13.6. The number of ether oxygens (including phenoxy) is 3. The number of methoxy groups -OCH3 is 2. The predicted octanol–water partition coefficient (Wildman–Crippen LogP) is 3.28. The van der Waals surface area contributed by atoms with Crippen molar-refractivity contribution in [3.8, 4) is 11.5 Å². The summed E-state index contributed by atoms with van der Waals surface area (Å²) < 4.78 is 15.6. The Labute approximate surface area is 138 Å². The van der Waals surface area contributed by atoms with Gasteiger partial charge in [-0.15, -0.1) is 0 Å².